The van der Waals surface area contributed by atoms with Gasteiger partial charge in [-0.3, -0.25) is 4.79 Å². The highest BCUT2D eigenvalue weighted by Gasteiger charge is 2.06. The average molecular weight is 232 g/mol. The summed E-state index contributed by atoms with van der Waals surface area (Å²) in [6.45, 7) is 1.61. The summed E-state index contributed by atoms with van der Waals surface area (Å²) in [5.74, 6) is 0.706. The topological polar surface area (TPSA) is 75.2 Å². The SMILES string of the molecule is Cc1c(O)nc(COc2ccccc2)[nH]c1=O. The molecule has 2 rings (SSSR count). The summed E-state index contributed by atoms with van der Waals surface area (Å²) in [6.07, 6.45) is 0. The van der Waals surface area contributed by atoms with Crippen LogP contribution in [0.4, 0.5) is 0 Å². The minimum absolute atomic E-state index is 0.104. The standard InChI is InChI=1S/C12H12N2O3/c1-8-11(15)13-10(14-12(8)16)7-17-9-5-3-2-4-6-9/h2-6H,7H2,1H3,(H2,13,14,15,16). The number of aromatic hydroxyl groups is 1. The molecule has 0 atom stereocenters. The quantitative estimate of drug-likeness (QED) is 0.837. The first kappa shape index (κ1) is 11.2. The molecule has 0 bridgehead atoms. The van der Waals surface area contributed by atoms with E-state index in [2.05, 4.69) is 9.97 Å². The second-order valence-electron chi connectivity index (χ2n) is 3.56. The van der Waals surface area contributed by atoms with Crippen LogP contribution in [0.2, 0.25) is 0 Å². The molecule has 5 heteroatoms. The molecule has 5 nitrogen and oxygen atoms in total. The molecule has 0 saturated heterocycles. The number of rotatable bonds is 3. The molecule has 1 aromatic carbocycles. The molecule has 0 spiro atoms. The number of nitrogens with zero attached hydrogens (tertiary/aromatic N) is 1. The highest BCUT2D eigenvalue weighted by molar-refractivity contribution is 5.22. The zero-order chi connectivity index (χ0) is 12.3. The first-order valence-electron chi connectivity index (χ1n) is 5.13. The van der Waals surface area contributed by atoms with Gasteiger partial charge in [0.05, 0.1) is 5.56 Å². The van der Waals surface area contributed by atoms with Gasteiger partial charge in [0.15, 0.2) is 5.82 Å². The molecule has 2 N–H and O–H groups in total. The molecule has 0 radical (unpaired) electrons. The van der Waals surface area contributed by atoms with Crippen LogP contribution in [0.25, 0.3) is 0 Å². The van der Waals surface area contributed by atoms with E-state index < -0.39 is 0 Å². The van der Waals surface area contributed by atoms with Gasteiger partial charge in [-0.05, 0) is 19.1 Å². The van der Waals surface area contributed by atoms with E-state index in [1.54, 1.807) is 12.1 Å². The zero-order valence-corrected chi connectivity index (χ0v) is 9.30. The van der Waals surface area contributed by atoms with Gasteiger partial charge >= 0.3 is 0 Å². The van der Waals surface area contributed by atoms with Crippen molar-refractivity contribution in [1.82, 2.24) is 9.97 Å². The molecule has 1 aromatic heterocycles. The monoisotopic (exact) mass is 232 g/mol. The molecule has 0 fully saturated rings. The van der Waals surface area contributed by atoms with E-state index in [1.165, 1.54) is 6.92 Å². The molecule has 0 aliphatic carbocycles. The van der Waals surface area contributed by atoms with Crippen LogP contribution in [0.3, 0.4) is 0 Å². The lowest BCUT2D eigenvalue weighted by Crippen LogP contribution is -2.15. The Bertz CT molecular complexity index is 564. The van der Waals surface area contributed by atoms with Gasteiger partial charge in [0.2, 0.25) is 5.88 Å². The predicted molar refractivity (Wildman–Crippen MR) is 62.0 cm³/mol. The van der Waals surface area contributed by atoms with Crippen LogP contribution < -0.4 is 10.3 Å². The number of hydrogen-bond donors (Lipinski definition) is 2. The highest BCUT2D eigenvalue weighted by atomic mass is 16.5. The number of ether oxygens (including phenoxy) is 1. The third kappa shape index (κ3) is 2.63. The Morgan fingerprint density at radius 3 is 2.71 bits per heavy atom. The van der Waals surface area contributed by atoms with Crippen molar-refractivity contribution < 1.29 is 9.84 Å². The third-order valence-corrected chi connectivity index (χ3v) is 2.29. The van der Waals surface area contributed by atoms with Crippen LogP contribution in [0.1, 0.15) is 11.4 Å². The average Bonchev–Trinajstić information content (AvgIpc) is 2.34. The van der Waals surface area contributed by atoms with Crippen LogP contribution in [-0.2, 0) is 6.61 Å². The Labute approximate surface area is 97.7 Å². The molecule has 1 heterocycles. The summed E-state index contributed by atoms with van der Waals surface area (Å²) in [4.78, 5) is 17.7. The number of benzene rings is 1. The molecular weight excluding hydrogens is 220 g/mol. The normalized spacial score (nSPS) is 10.2. The first-order chi connectivity index (χ1) is 8.16. The number of para-hydroxylation sites is 1. The van der Waals surface area contributed by atoms with Gasteiger partial charge in [0, 0.05) is 0 Å². The molecule has 88 valence electrons. The van der Waals surface area contributed by atoms with Gasteiger partial charge in [-0.15, -0.1) is 0 Å². The lowest BCUT2D eigenvalue weighted by molar-refractivity contribution is 0.292. The summed E-state index contributed by atoms with van der Waals surface area (Å²) in [7, 11) is 0. The fourth-order valence-corrected chi connectivity index (χ4v) is 1.30. The smallest absolute Gasteiger partial charge is 0.257 e. The van der Waals surface area contributed by atoms with E-state index in [-0.39, 0.29) is 23.6 Å². The van der Waals surface area contributed by atoms with Crippen LogP contribution in [0.5, 0.6) is 11.6 Å². The fraction of sp³-hybridized carbons (Fsp3) is 0.167. The molecule has 0 aliphatic rings. The van der Waals surface area contributed by atoms with Crippen molar-refractivity contribution >= 4 is 0 Å². The van der Waals surface area contributed by atoms with Crippen LogP contribution in [0.15, 0.2) is 35.1 Å². The minimum atomic E-state index is -0.357. The second-order valence-corrected chi connectivity index (χ2v) is 3.56. The van der Waals surface area contributed by atoms with Crippen molar-refractivity contribution in [2.24, 2.45) is 0 Å². The van der Waals surface area contributed by atoms with Gasteiger partial charge in [-0.25, -0.2) is 0 Å². The van der Waals surface area contributed by atoms with Crippen LogP contribution >= 0.6 is 0 Å². The summed E-state index contributed by atoms with van der Waals surface area (Å²) < 4.78 is 5.40. The molecular formula is C12H12N2O3. The van der Waals surface area contributed by atoms with E-state index >= 15 is 0 Å². The van der Waals surface area contributed by atoms with E-state index in [1.807, 2.05) is 18.2 Å². The predicted octanol–water partition coefficient (Wildman–Crippen LogP) is 1.36. The van der Waals surface area contributed by atoms with Crippen molar-refractivity contribution in [3.8, 4) is 11.6 Å². The summed E-state index contributed by atoms with van der Waals surface area (Å²) >= 11 is 0. The van der Waals surface area contributed by atoms with E-state index in [0.717, 1.165) is 0 Å². The first-order valence-corrected chi connectivity index (χ1v) is 5.13. The van der Waals surface area contributed by atoms with E-state index in [0.29, 0.717) is 11.6 Å². The maximum absolute atomic E-state index is 11.4. The van der Waals surface area contributed by atoms with Crippen molar-refractivity contribution in [2.45, 2.75) is 13.5 Å². The van der Waals surface area contributed by atoms with Crippen molar-refractivity contribution in [3.63, 3.8) is 0 Å². The van der Waals surface area contributed by atoms with Crippen molar-refractivity contribution in [2.75, 3.05) is 0 Å². The molecule has 0 amide bonds. The highest BCUT2D eigenvalue weighted by Crippen LogP contribution is 2.11. The van der Waals surface area contributed by atoms with Crippen molar-refractivity contribution in [1.29, 1.82) is 0 Å². The Balaban J connectivity index is 2.13. The number of nitrogens with one attached hydrogen (secondary N) is 1. The minimum Gasteiger partial charge on any atom is -0.493 e. The maximum Gasteiger partial charge on any atom is 0.257 e. The van der Waals surface area contributed by atoms with E-state index in [9.17, 15) is 9.90 Å². The molecule has 0 unspecified atom stereocenters. The van der Waals surface area contributed by atoms with Crippen molar-refractivity contribution in [3.05, 3.63) is 52.1 Å². The van der Waals surface area contributed by atoms with Gasteiger partial charge in [0.1, 0.15) is 12.4 Å². The van der Waals surface area contributed by atoms with Gasteiger partial charge < -0.3 is 14.8 Å². The Morgan fingerprint density at radius 1 is 1.35 bits per heavy atom. The van der Waals surface area contributed by atoms with Gasteiger partial charge in [-0.2, -0.15) is 4.98 Å². The molecule has 0 aliphatic heterocycles. The number of H-pyrrole nitrogens is 1. The largest absolute Gasteiger partial charge is 0.493 e. The second kappa shape index (κ2) is 4.69. The number of aromatic nitrogens is 2. The fourth-order valence-electron chi connectivity index (χ4n) is 1.30. The lowest BCUT2D eigenvalue weighted by atomic mass is 10.3. The molecule has 0 saturated carbocycles. The molecule has 17 heavy (non-hydrogen) atoms. The summed E-state index contributed by atoms with van der Waals surface area (Å²) in [5.41, 5.74) is -0.155. The van der Waals surface area contributed by atoms with E-state index in [4.69, 9.17) is 4.74 Å². The van der Waals surface area contributed by atoms with Gasteiger partial charge in [0.25, 0.3) is 5.56 Å². The summed E-state index contributed by atoms with van der Waals surface area (Å²) in [5, 5.41) is 9.39. The maximum atomic E-state index is 11.4. The van der Waals surface area contributed by atoms with Gasteiger partial charge in [-0.1, -0.05) is 18.2 Å². The number of hydrogen-bond acceptors (Lipinski definition) is 4. The van der Waals surface area contributed by atoms with Crippen LogP contribution in [0, 0.1) is 6.92 Å². The zero-order valence-electron chi connectivity index (χ0n) is 9.30. The lowest BCUT2D eigenvalue weighted by Gasteiger charge is -2.06. The number of aromatic amines is 1. The van der Waals surface area contributed by atoms with Crippen LogP contribution in [-0.4, -0.2) is 15.1 Å². The summed E-state index contributed by atoms with van der Waals surface area (Å²) in [6, 6.07) is 9.17. The Kier molecular flexibility index (Phi) is 3.09. The third-order valence-electron chi connectivity index (χ3n) is 2.29. The Hall–Kier alpha value is -2.30. The molecule has 2 aromatic rings. The Morgan fingerprint density at radius 2 is 2.06 bits per heavy atom.